The number of fused-ring (bicyclic) bond motifs is 2. The highest BCUT2D eigenvalue weighted by molar-refractivity contribution is 9.10. The normalized spacial score (nSPS) is 27.1. The molecule has 238 valence electrons. The van der Waals surface area contributed by atoms with Gasteiger partial charge in [0.1, 0.15) is 29.1 Å². The number of hydrogen-bond acceptors (Lipinski definition) is 7. The number of nitrogens with one attached hydrogen (secondary N) is 3. The third-order valence-corrected chi connectivity index (χ3v) is 10.8. The Balaban J connectivity index is 1.51. The summed E-state index contributed by atoms with van der Waals surface area (Å²) in [5.74, 6) is -2.05. The molecule has 4 amide bonds. The summed E-state index contributed by atoms with van der Waals surface area (Å²) in [6.07, 6.45) is 6.24. The topological polar surface area (TPSA) is 151 Å². The van der Waals surface area contributed by atoms with Crippen LogP contribution in [0.5, 0.6) is 0 Å². The predicted octanol–water partition coefficient (Wildman–Crippen LogP) is 3.80. The van der Waals surface area contributed by atoms with Crippen LogP contribution in [0, 0.1) is 5.92 Å². The fraction of sp³-hybridized carbons (Fsp3) is 0.667. The Morgan fingerprint density at radius 2 is 1.72 bits per heavy atom. The summed E-state index contributed by atoms with van der Waals surface area (Å²) in [6.45, 7) is 5.60. The van der Waals surface area contributed by atoms with E-state index < -0.39 is 56.8 Å². The van der Waals surface area contributed by atoms with E-state index in [4.69, 9.17) is 4.74 Å². The van der Waals surface area contributed by atoms with Crippen molar-refractivity contribution in [2.45, 2.75) is 113 Å². The van der Waals surface area contributed by atoms with Gasteiger partial charge < -0.3 is 25.6 Å². The molecule has 1 aliphatic carbocycles. The minimum atomic E-state index is -3.84. The zero-order valence-electron chi connectivity index (χ0n) is 25.1. The second-order valence-electron chi connectivity index (χ2n) is 12.8. The molecule has 4 atom stereocenters. The third kappa shape index (κ3) is 8.29. The van der Waals surface area contributed by atoms with Crippen LogP contribution in [0.1, 0.15) is 85.0 Å². The Morgan fingerprint density at radius 1 is 1.05 bits per heavy atom. The first kappa shape index (κ1) is 33.2. The molecular weight excluding hydrogens is 640 g/mol. The van der Waals surface area contributed by atoms with Crippen LogP contribution in [0.15, 0.2) is 33.6 Å². The summed E-state index contributed by atoms with van der Waals surface area (Å²) in [4.78, 5) is 55.1. The zero-order chi connectivity index (χ0) is 31.4. The molecule has 0 unspecified atom stereocenters. The molecular formula is C30H43BrN4O7S. The molecule has 0 aromatic heterocycles. The standard InChI is InChI=1S/C30H43BrN4O7S/c1-29(2,3)42-28(39)33-22-14-8-6-4-5-7-12-20-18-30(20,34-25(36)23-15-11-17-35(23)26(22)37)27(38)32-19-43(40,41)24-16-10-9-13-21(24)31/h9-10,13,16,20,22-23H,4-8,11-12,14-15,17-19H2,1-3H3,(H,32,38)(H,33,39)(H,34,36)/t20-,22+,23+,30-/m1/s1. The molecule has 11 nitrogen and oxygen atoms in total. The van der Waals surface area contributed by atoms with Crippen LogP contribution in [-0.4, -0.2) is 72.8 Å². The first-order chi connectivity index (χ1) is 20.2. The lowest BCUT2D eigenvalue weighted by Gasteiger charge is -2.30. The Kier molecular flexibility index (Phi) is 10.5. The molecule has 2 saturated heterocycles. The van der Waals surface area contributed by atoms with Gasteiger partial charge in [0.05, 0.1) is 4.90 Å². The van der Waals surface area contributed by atoms with Crippen LogP contribution in [0.2, 0.25) is 0 Å². The quantitative estimate of drug-likeness (QED) is 0.427. The third-order valence-electron chi connectivity index (χ3n) is 8.32. The van der Waals surface area contributed by atoms with E-state index in [9.17, 15) is 27.6 Å². The molecule has 0 bridgehead atoms. The average molecular weight is 684 g/mol. The molecule has 43 heavy (non-hydrogen) atoms. The van der Waals surface area contributed by atoms with Crippen molar-refractivity contribution in [2.24, 2.45) is 5.92 Å². The highest BCUT2D eigenvalue weighted by Crippen LogP contribution is 2.47. The van der Waals surface area contributed by atoms with Gasteiger partial charge in [0.25, 0.3) is 0 Å². The molecule has 1 aromatic rings. The Bertz CT molecular complexity index is 1330. The molecule has 3 fully saturated rings. The number of carbonyl (C=O) groups excluding carboxylic acids is 4. The van der Waals surface area contributed by atoms with Crippen molar-refractivity contribution in [2.75, 3.05) is 12.4 Å². The molecule has 4 rings (SSSR count). The van der Waals surface area contributed by atoms with E-state index in [0.717, 1.165) is 38.5 Å². The van der Waals surface area contributed by atoms with Crippen LogP contribution >= 0.6 is 15.9 Å². The first-order valence-corrected chi connectivity index (χ1v) is 17.6. The second kappa shape index (κ2) is 13.5. The van der Waals surface area contributed by atoms with Gasteiger partial charge in [-0.25, -0.2) is 13.2 Å². The summed E-state index contributed by atoms with van der Waals surface area (Å²) in [5, 5.41) is 8.25. The largest absolute Gasteiger partial charge is 0.444 e. The number of rotatable bonds is 5. The van der Waals surface area contributed by atoms with Gasteiger partial charge in [-0.1, -0.05) is 44.2 Å². The average Bonchev–Trinajstić information content (AvgIpc) is 3.38. The van der Waals surface area contributed by atoms with Crippen LogP contribution in [0.25, 0.3) is 0 Å². The molecule has 3 aliphatic rings. The SMILES string of the molecule is CC(C)(C)OC(=O)N[C@H]1CCCCCCC[C@@H]2C[C@@]2(C(=O)NCS(=O)(=O)c2ccccc2Br)NC(=O)[C@@H]2CCCN2C1=O. The van der Waals surface area contributed by atoms with Crippen LogP contribution in [-0.2, 0) is 29.0 Å². The Labute approximate surface area is 262 Å². The number of ether oxygens (including phenoxy) is 1. The lowest BCUT2D eigenvalue weighted by atomic mass is 10.0. The maximum absolute atomic E-state index is 13.7. The summed E-state index contributed by atoms with van der Waals surface area (Å²) in [7, 11) is -3.84. The Hall–Kier alpha value is -2.67. The van der Waals surface area contributed by atoms with Crippen molar-refractivity contribution >= 4 is 49.6 Å². The van der Waals surface area contributed by atoms with E-state index in [1.54, 1.807) is 39.0 Å². The molecule has 1 aromatic carbocycles. The number of carbonyl (C=O) groups is 4. The molecule has 13 heteroatoms. The Morgan fingerprint density at radius 3 is 2.42 bits per heavy atom. The van der Waals surface area contributed by atoms with Crippen molar-refractivity contribution in [1.82, 2.24) is 20.9 Å². The number of alkyl carbamates (subject to hydrolysis) is 1. The van der Waals surface area contributed by atoms with Gasteiger partial charge in [0.2, 0.25) is 17.7 Å². The van der Waals surface area contributed by atoms with Crippen molar-refractivity contribution in [3.05, 3.63) is 28.7 Å². The highest BCUT2D eigenvalue weighted by atomic mass is 79.9. The smallest absolute Gasteiger partial charge is 0.408 e. The number of hydrogen-bond donors (Lipinski definition) is 3. The second-order valence-corrected chi connectivity index (χ2v) is 15.6. The number of benzene rings is 1. The van der Waals surface area contributed by atoms with E-state index in [1.807, 2.05) is 0 Å². The van der Waals surface area contributed by atoms with Crippen LogP contribution in [0.3, 0.4) is 0 Å². The van der Waals surface area contributed by atoms with Gasteiger partial charge in [-0.3, -0.25) is 14.4 Å². The highest BCUT2D eigenvalue weighted by Gasteiger charge is 2.61. The van der Waals surface area contributed by atoms with E-state index in [2.05, 4.69) is 31.9 Å². The number of nitrogens with zero attached hydrogens (tertiary/aromatic N) is 1. The number of sulfone groups is 1. The van der Waals surface area contributed by atoms with E-state index in [1.165, 1.54) is 11.0 Å². The zero-order valence-corrected chi connectivity index (χ0v) is 27.5. The van der Waals surface area contributed by atoms with Crippen molar-refractivity contribution in [1.29, 1.82) is 0 Å². The monoisotopic (exact) mass is 682 g/mol. The lowest BCUT2D eigenvalue weighted by Crippen LogP contribution is -2.58. The summed E-state index contributed by atoms with van der Waals surface area (Å²) in [5.41, 5.74) is -1.96. The fourth-order valence-corrected chi connectivity index (χ4v) is 8.19. The van der Waals surface area contributed by atoms with Gasteiger partial charge in [-0.05, 0) is 86.9 Å². The van der Waals surface area contributed by atoms with Crippen LogP contribution in [0.4, 0.5) is 4.79 Å². The fourth-order valence-electron chi connectivity index (χ4n) is 6.04. The maximum atomic E-state index is 13.7. The summed E-state index contributed by atoms with van der Waals surface area (Å²) < 4.78 is 31.8. The lowest BCUT2D eigenvalue weighted by molar-refractivity contribution is -0.141. The van der Waals surface area contributed by atoms with Gasteiger partial charge in [-0.2, -0.15) is 0 Å². The van der Waals surface area contributed by atoms with Crippen LogP contribution < -0.4 is 16.0 Å². The van der Waals surface area contributed by atoms with Crippen molar-refractivity contribution in [3.63, 3.8) is 0 Å². The van der Waals surface area contributed by atoms with Gasteiger partial charge in [0.15, 0.2) is 9.84 Å². The molecule has 0 radical (unpaired) electrons. The van der Waals surface area contributed by atoms with Gasteiger partial charge in [0, 0.05) is 11.0 Å². The number of halogens is 1. The first-order valence-electron chi connectivity index (χ1n) is 15.1. The summed E-state index contributed by atoms with van der Waals surface area (Å²) in [6, 6.07) is 4.77. The molecule has 0 spiro atoms. The van der Waals surface area contributed by atoms with Crippen molar-refractivity contribution < 1.29 is 32.3 Å². The minimum absolute atomic E-state index is 0.0703. The predicted molar refractivity (Wildman–Crippen MR) is 164 cm³/mol. The maximum Gasteiger partial charge on any atom is 0.408 e. The van der Waals surface area contributed by atoms with E-state index in [-0.39, 0.29) is 16.7 Å². The van der Waals surface area contributed by atoms with Gasteiger partial charge in [-0.15, -0.1) is 0 Å². The molecule has 3 N–H and O–H groups in total. The molecule has 2 aliphatic heterocycles. The number of amides is 4. The molecule has 2 heterocycles. The van der Waals surface area contributed by atoms with E-state index in [0.29, 0.717) is 36.7 Å². The van der Waals surface area contributed by atoms with Gasteiger partial charge >= 0.3 is 6.09 Å². The van der Waals surface area contributed by atoms with Crippen molar-refractivity contribution in [3.8, 4) is 0 Å². The minimum Gasteiger partial charge on any atom is -0.444 e. The molecule has 1 saturated carbocycles. The summed E-state index contributed by atoms with van der Waals surface area (Å²) >= 11 is 3.26. The van der Waals surface area contributed by atoms with E-state index >= 15 is 0 Å².